The van der Waals surface area contributed by atoms with Crippen molar-refractivity contribution in [2.45, 2.75) is 57.4 Å². The van der Waals surface area contributed by atoms with Crippen LogP contribution < -0.4 is 11.5 Å². The predicted octanol–water partition coefficient (Wildman–Crippen LogP) is -0.0779. The minimum atomic E-state index is -0.628. The number of nitrogens with two attached hydrogens (primary N) is 2. The summed E-state index contributed by atoms with van der Waals surface area (Å²) in [6.45, 7) is 1.78. The van der Waals surface area contributed by atoms with Gasteiger partial charge >= 0.3 is 0 Å². The highest BCUT2D eigenvalue weighted by Gasteiger charge is 2.08. The SMILES string of the molecule is CC(O)CCCCCC(O)C(N)N. The van der Waals surface area contributed by atoms with E-state index in [2.05, 4.69) is 0 Å². The van der Waals surface area contributed by atoms with E-state index in [0.29, 0.717) is 6.42 Å². The molecule has 0 fully saturated rings. The molecule has 0 aliphatic carbocycles. The van der Waals surface area contributed by atoms with Crippen LogP contribution in [0.4, 0.5) is 0 Å². The van der Waals surface area contributed by atoms with Crippen molar-refractivity contribution in [3.8, 4) is 0 Å². The van der Waals surface area contributed by atoms with E-state index in [1.807, 2.05) is 0 Å². The quantitative estimate of drug-likeness (QED) is 0.334. The topological polar surface area (TPSA) is 92.5 Å². The fourth-order valence-corrected chi connectivity index (χ4v) is 1.16. The second-order valence-electron chi connectivity index (χ2n) is 3.63. The highest BCUT2D eigenvalue weighted by molar-refractivity contribution is 4.64. The predicted molar refractivity (Wildman–Crippen MR) is 52.9 cm³/mol. The lowest BCUT2D eigenvalue weighted by Gasteiger charge is -2.13. The normalized spacial score (nSPS) is 16.2. The average Bonchev–Trinajstić information content (AvgIpc) is 2.02. The van der Waals surface area contributed by atoms with Gasteiger partial charge in [0, 0.05) is 0 Å². The summed E-state index contributed by atoms with van der Waals surface area (Å²) in [6.07, 6.45) is 2.95. The lowest BCUT2D eigenvalue weighted by molar-refractivity contribution is 0.132. The highest BCUT2D eigenvalue weighted by atomic mass is 16.3. The van der Waals surface area contributed by atoms with Crippen LogP contribution in [0.25, 0.3) is 0 Å². The van der Waals surface area contributed by atoms with Gasteiger partial charge in [-0.05, 0) is 19.8 Å². The van der Waals surface area contributed by atoms with Crippen LogP contribution in [0.5, 0.6) is 0 Å². The average molecular weight is 190 g/mol. The molecule has 0 spiro atoms. The number of hydrogen-bond acceptors (Lipinski definition) is 4. The summed E-state index contributed by atoms with van der Waals surface area (Å²) in [5.74, 6) is 0. The Hall–Kier alpha value is -0.160. The van der Waals surface area contributed by atoms with E-state index >= 15 is 0 Å². The van der Waals surface area contributed by atoms with Gasteiger partial charge in [-0.25, -0.2) is 0 Å². The molecule has 0 bridgehead atoms. The Labute approximate surface area is 79.9 Å². The Morgan fingerprint density at radius 3 is 2.00 bits per heavy atom. The van der Waals surface area contributed by atoms with Gasteiger partial charge in [0.15, 0.2) is 0 Å². The van der Waals surface area contributed by atoms with Crippen LogP contribution >= 0.6 is 0 Å². The van der Waals surface area contributed by atoms with Crippen molar-refractivity contribution in [1.29, 1.82) is 0 Å². The lowest BCUT2D eigenvalue weighted by Crippen LogP contribution is -2.42. The van der Waals surface area contributed by atoms with E-state index < -0.39 is 12.3 Å². The number of hydrogen-bond donors (Lipinski definition) is 4. The summed E-state index contributed by atoms with van der Waals surface area (Å²) in [6, 6.07) is 0. The third-order valence-electron chi connectivity index (χ3n) is 2.07. The van der Waals surface area contributed by atoms with Gasteiger partial charge in [0.1, 0.15) is 0 Å². The Morgan fingerprint density at radius 2 is 1.54 bits per heavy atom. The number of unbranched alkanes of at least 4 members (excludes halogenated alkanes) is 2. The van der Waals surface area contributed by atoms with E-state index in [9.17, 15) is 5.11 Å². The molecule has 80 valence electrons. The number of rotatable bonds is 7. The van der Waals surface area contributed by atoms with Crippen LogP contribution in [0.2, 0.25) is 0 Å². The number of aliphatic hydroxyl groups excluding tert-OH is 2. The monoisotopic (exact) mass is 190 g/mol. The van der Waals surface area contributed by atoms with Crippen LogP contribution in [-0.4, -0.2) is 28.6 Å². The molecule has 0 aliphatic rings. The molecule has 0 aromatic carbocycles. The molecule has 4 heteroatoms. The van der Waals surface area contributed by atoms with Crippen molar-refractivity contribution in [1.82, 2.24) is 0 Å². The van der Waals surface area contributed by atoms with Gasteiger partial charge in [0.2, 0.25) is 0 Å². The summed E-state index contributed by atoms with van der Waals surface area (Å²) in [4.78, 5) is 0. The van der Waals surface area contributed by atoms with E-state index in [-0.39, 0.29) is 6.10 Å². The summed E-state index contributed by atoms with van der Waals surface area (Å²) in [5.41, 5.74) is 10.6. The van der Waals surface area contributed by atoms with Gasteiger partial charge < -0.3 is 21.7 Å². The van der Waals surface area contributed by atoms with Crippen molar-refractivity contribution < 1.29 is 10.2 Å². The van der Waals surface area contributed by atoms with Crippen molar-refractivity contribution in [2.24, 2.45) is 11.5 Å². The Balaban J connectivity index is 3.16. The maximum atomic E-state index is 9.24. The summed E-state index contributed by atoms with van der Waals surface area (Å²) in [7, 11) is 0. The molecule has 2 unspecified atom stereocenters. The molecule has 0 aromatic rings. The summed E-state index contributed by atoms with van der Waals surface area (Å²) in [5, 5.41) is 18.2. The molecule has 0 amide bonds. The summed E-state index contributed by atoms with van der Waals surface area (Å²) < 4.78 is 0. The Morgan fingerprint density at radius 1 is 1.00 bits per heavy atom. The van der Waals surface area contributed by atoms with Crippen molar-refractivity contribution in [2.75, 3.05) is 0 Å². The fourth-order valence-electron chi connectivity index (χ4n) is 1.16. The van der Waals surface area contributed by atoms with Crippen molar-refractivity contribution in [3.63, 3.8) is 0 Å². The van der Waals surface area contributed by atoms with E-state index in [0.717, 1.165) is 25.7 Å². The molecule has 0 rings (SSSR count). The second kappa shape index (κ2) is 7.26. The first-order valence-corrected chi connectivity index (χ1v) is 4.91. The van der Waals surface area contributed by atoms with E-state index in [1.165, 1.54) is 0 Å². The van der Waals surface area contributed by atoms with Crippen LogP contribution in [0.1, 0.15) is 39.0 Å². The molecule has 0 radical (unpaired) electrons. The second-order valence-corrected chi connectivity index (χ2v) is 3.63. The standard InChI is InChI=1S/C9H22N2O2/c1-7(12)5-3-2-4-6-8(13)9(10)11/h7-9,12-13H,2-6,10-11H2,1H3. The van der Waals surface area contributed by atoms with Crippen LogP contribution in [0.3, 0.4) is 0 Å². The first-order chi connectivity index (χ1) is 6.04. The van der Waals surface area contributed by atoms with Crippen LogP contribution in [-0.2, 0) is 0 Å². The molecular weight excluding hydrogens is 168 g/mol. The zero-order valence-electron chi connectivity index (χ0n) is 8.32. The van der Waals surface area contributed by atoms with E-state index in [1.54, 1.807) is 6.92 Å². The third kappa shape index (κ3) is 8.18. The molecule has 13 heavy (non-hydrogen) atoms. The maximum Gasteiger partial charge on any atom is 0.0820 e. The van der Waals surface area contributed by atoms with Crippen LogP contribution in [0.15, 0.2) is 0 Å². The van der Waals surface area contributed by atoms with Crippen molar-refractivity contribution in [3.05, 3.63) is 0 Å². The first kappa shape index (κ1) is 12.8. The van der Waals surface area contributed by atoms with Crippen LogP contribution in [0, 0.1) is 0 Å². The zero-order chi connectivity index (χ0) is 10.3. The van der Waals surface area contributed by atoms with Gasteiger partial charge in [-0.1, -0.05) is 19.3 Å². The Bertz CT molecular complexity index is 118. The molecule has 0 saturated heterocycles. The van der Waals surface area contributed by atoms with E-state index in [4.69, 9.17) is 16.6 Å². The first-order valence-electron chi connectivity index (χ1n) is 4.91. The molecule has 4 nitrogen and oxygen atoms in total. The minimum absolute atomic E-state index is 0.221. The largest absolute Gasteiger partial charge is 0.393 e. The summed E-state index contributed by atoms with van der Waals surface area (Å²) >= 11 is 0. The molecule has 0 heterocycles. The number of aliphatic hydroxyl groups is 2. The molecule has 0 saturated carbocycles. The van der Waals surface area contributed by atoms with Gasteiger partial charge in [-0.3, -0.25) is 0 Å². The molecule has 2 atom stereocenters. The molecule has 0 aromatic heterocycles. The zero-order valence-corrected chi connectivity index (χ0v) is 8.32. The molecule has 6 N–H and O–H groups in total. The van der Waals surface area contributed by atoms with Crippen molar-refractivity contribution >= 4 is 0 Å². The minimum Gasteiger partial charge on any atom is -0.393 e. The Kier molecular flexibility index (Phi) is 7.17. The lowest BCUT2D eigenvalue weighted by atomic mass is 10.1. The molecular formula is C9H22N2O2. The van der Waals surface area contributed by atoms with Gasteiger partial charge in [0.25, 0.3) is 0 Å². The van der Waals surface area contributed by atoms with Gasteiger partial charge in [-0.15, -0.1) is 0 Å². The third-order valence-corrected chi connectivity index (χ3v) is 2.07. The molecule has 0 aliphatic heterocycles. The highest BCUT2D eigenvalue weighted by Crippen LogP contribution is 2.07. The van der Waals surface area contributed by atoms with Gasteiger partial charge in [0.05, 0.1) is 18.4 Å². The van der Waals surface area contributed by atoms with Gasteiger partial charge in [-0.2, -0.15) is 0 Å². The fraction of sp³-hybridized carbons (Fsp3) is 1.00. The maximum absolute atomic E-state index is 9.24. The smallest absolute Gasteiger partial charge is 0.0820 e.